The molecule has 0 aromatic heterocycles. The van der Waals surface area contributed by atoms with Crippen molar-refractivity contribution in [1.82, 2.24) is 9.80 Å². The van der Waals surface area contributed by atoms with Crippen molar-refractivity contribution in [3.05, 3.63) is 29.8 Å². The first-order valence-electron chi connectivity index (χ1n) is 7.37. The molecule has 1 saturated heterocycles. The molecule has 3 rings (SSSR count). The molecule has 0 bridgehead atoms. The van der Waals surface area contributed by atoms with Crippen LogP contribution in [0.25, 0.3) is 0 Å². The molecule has 0 aliphatic carbocycles. The number of para-hydroxylation sites is 1. The zero-order valence-corrected chi connectivity index (χ0v) is 12.4. The molecule has 4 heteroatoms. The van der Waals surface area contributed by atoms with Crippen LogP contribution in [0, 0.1) is 0 Å². The second-order valence-electron chi connectivity index (χ2n) is 6.24. The van der Waals surface area contributed by atoms with Gasteiger partial charge in [0.05, 0.1) is 6.54 Å². The third-order valence-corrected chi connectivity index (χ3v) is 4.79. The van der Waals surface area contributed by atoms with E-state index >= 15 is 0 Å². The summed E-state index contributed by atoms with van der Waals surface area (Å²) >= 11 is 0. The van der Waals surface area contributed by atoms with Crippen molar-refractivity contribution < 1.29 is 4.79 Å². The number of amides is 1. The largest absolute Gasteiger partial charge is 0.384 e. The van der Waals surface area contributed by atoms with E-state index in [-0.39, 0.29) is 11.3 Å². The minimum absolute atomic E-state index is 0.200. The van der Waals surface area contributed by atoms with Crippen molar-refractivity contribution in [2.75, 3.05) is 45.6 Å². The van der Waals surface area contributed by atoms with E-state index in [0.29, 0.717) is 6.54 Å². The summed E-state index contributed by atoms with van der Waals surface area (Å²) in [6.07, 6.45) is 2.27. The van der Waals surface area contributed by atoms with E-state index in [2.05, 4.69) is 34.5 Å². The van der Waals surface area contributed by atoms with Crippen LogP contribution in [-0.4, -0.2) is 56.0 Å². The number of nitrogens with one attached hydrogen (secondary N) is 1. The molecule has 0 unspecified atom stereocenters. The standard InChI is InChI=1S/C16H23N3O/c1-18(2)15(20)11-19-9-7-16(8-10-19)12-17-14-6-4-3-5-13(14)16/h3-6,17H,7-12H2,1-2H3. The highest BCUT2D eigenvalue weighted by Crippen LogP contribution is 2.43. The summed E-state index contributed by atoms with van der Waals surface area (Å²) in [5.74, 6) is 0.200. The SMILES string of the molecule is CN(C)C(=O)CN1CCC2(CC1)CNc1ccccc12. The highest BCUT2D eigenvalue weighted by molar-refractivity contribution is 5.77. The number of carbonyl (C=O) groups excluding carboxylic acids is 1. The van der Waals surface area contributed by atoms with Gasteiger partial charge in [-0.15, -0.1) is 0 Å². The highest BCUT2D eigenvalue weighted by Gasteiger charge is 2.41. The number of benzene rings is 1. The fourth-order valence-electron chi connectivity index (χ4n) is 3.38. The molecule has 1 N–H and O–H groups in total. The van der Waals surface area contributed by atoms with E-state index in [1.807, 2.05) is 14.1 Å². The van der Waals surface area contributed by atoms with Gasteiger partial charge in [0, 0.05) is 31.7 Å². The molecule has 0 saturated carbocycles. The first-order chi connectivity index (χ1) is 9.61. The van der Waals surface area contributed by atoms with E-state index in [0.717, 1.165) is 32.5 Å². The Kier molecular flexibility index (Phi) is 3.42. The molecule has 2 aliphatic rings. The summed E-state index contributed by atoms with van der Waals surface area (Å²) in [6.45, 7) is 3.62. The van der Waals surface area contributed by atoms with E-state index in [4.69, 9.17) is 0 Å². The quantitative estimate of drug-likeness (QED) is 0.888. The second kappa shape index (κ2) is 5.09. The van der Waals surface area contributed by atoms with Gasteiger partial charge in [-0.1, -0.05) is 18.2 Å². The molecule has 20 heavy (non-hydrogen) atoms. The van der Waals surface area contributed by atoms with Gasteiger partial charge in [0.2, 0.25) is 5.91 Å². The lowest BCUT2D eigenvalue weighted by molar-refractivity contribution is -0.130. The molecule has 1 spiro atoms. The number of rotatable bonds is 2. The molecule has 2 heterocycles. The molecule has 1 aromatic carbocycles. The summed E-state index contributed by atoms with van der Waals surface area (Å²) in [7, 11) is 3.65. The minimum Gasteiger partial charge on any atom is -0.384 e. The maximum absolute atomic E-state index is 11.8. The number of likely N-dealkylation sites (N-methyl/N-ethyl adjacent to an activating group) is 1. The van der Waals surface area contributed by atoms with E-state index in [1.54, 1.807) is 4.90 Å². The smallest absolute Gasteiger partial charge is 0.236 e. The summed E-state index contributed by atoms with van der Waals surface area (Å²) < 4.78 is 0. The molecular formula is C16H23N3O. The van der Waals surface area contributed by atoms with Crippen LogP contribution in [0.15, 0.2) is 24.3 Å². The average molecular weight is 273 g/mol. The topological polar surface area (TPSA) is 35.6 Å². The van der Waals surface area contributed by atoms with Crippen molar-refractivity contribution >= 4 is 11.6 Å². The molecule has 1 amide bonds. The number of hydrogen-bond acceptors (Lipinski definition) is 3. The minimum atomic E-state index is 0.200. The first kappa shape index (κ1) is 13.4. The number of carbonyl (C=O) groups is 1. The number of piperidine rings is 1. The van der Waals surface area contributed by atoms with Crippen LogP contribution in [0.4, 0.5) is 5.69 Å². The van der Waals surface area contributed by atoms with Gasteiger partial charge in [0.25, 0.3) is 0 Å². The van der Waals surface area contributed by atoms with E-state index < -0.39 is 0 Å². The summed E-state index contributed by atoms with van der Waals surface area (Å²) in [5, 5.41) is 3.54. The van der Waals surface area contributed by atoms with Crippen LogP contribution in [-0.2, 0) is 10.2 Å². The molecule has 1 aromatic rings. The molecule has 0 atom stereocenters. The lowest BCUT2D eigenvalue weighted by atomic mass is 9.74. The molecular weight excluding hydrogens is 250 g/mol. The Morgan fingerprint density at radius 1 is 1.30 bits per heavy atom. The number of anilines is 1. The van der Waals surface area contributed by atoms with Gasteiger partial charge in [-0.3, -0.25) is 9.69 Å². The van der Waals surface area contributed by atoms with Crippen molar-refractivity contribution in [2.45, 2.75) is 18.3 Å². The van der Waals surface area contributed by atoms with Crippen LogP contribution < -0.4 is 5.32 Å². The fourth-order valence-corrected chi connectivity index (χ4v) is 3.38. The lowest BCUT2D eigenvalue weighted by Gasteiger charge is -2.39. The van der Waals surface area contributed by atoms with Gasteiger partial charge in [-0.05, 0) is 37.6 Å². The summed E-state index contributed by atoms with van der Waals surface area (Å²) in [4.78, 5) is 15.8. The van der Waals surface area contributed by atoms with Gasteiger partial charge in [0.15, 0.2) is 0 Å². The van der Waals surface area contributed by atoms with Crippen LogP contribution in [0.5, 0.6) is 0 Å². The maximum atomic E-state index is 11.8. The van der Waals surface area contributed by atoms with E-state index in [1.165, 1.54) is 11.3 Å². The van der Waals surface area contributed by atoms with Crippen molar-refractivity contribution in [1.29, 1.82) is 0 Å². The molecule has 108 valence electrons. The van der Waals surface area contributed by atoms with Crippen molar-refractivity contribution in [3.8, 4) is 0 Å². The second-order valence-corrected chi connectivity index (χ2v) is 6.24. The predicted molar refractivity (Wildman–Crippen MR) is 81.0 cm³/mol. The number of likely N-dealkylation sites (tertiary alicyclic amines) is 1. The predicted octanol–water partition coefficient (Wildman–Crippen LogP) is 1.53. The van der Waals surface area contributed by atoms with Gasteiger partial charge >= 0.3 is 0 Å². The molecule has 1 fully saturated rings. The normalized spacial score (nSPS) is 20.5. The highest BCUT2D eigenvalue weighted by atomic mass is 16.2. The maximum Gasteiger partial charge on any atom is 0.236 e. The summed E-state index contributed by atoms with van der Waals surface area (Å²) in [6, 6.07) is 8.66. The van der Waals surface area contributed by atoms with Gasteiger partial charge in [-0.25, -0.2) is 0 Å². The van der Waals surface area contributed by atoms with E-state index in [9.17, 15) is 4.79 Å². The molecule has 0 radical (unpaired) electrons. The number of fused-ring (bicyclic) bond motifs is 2. The van der Waals surface area contributed by atoms with Gasteiger partial charge in [0.1, 0.15) is 0 Å². The fraction of sp³-hybridized carbons (Fsp3) is 0.562. The molecule has 2 aliphatic heterocycles. The lowest BCUT2D eigenvalue weighted by Crippen LogP contribution is -2.46. The third-order valence-electron chi connectivity index (χ3n) is 4.79. The Balaban J connectivity index is 1.66. The average Bonchev–Trinajstić information content (AvgIpc) is 2.81. The van der Waals surface area contributed by atoms with Gasteiger partial charge < -0.3 is 10.2 Å². The number of nitrogens with zero attached hydrogens (tertiary/aromatic N) is 2. The third kappa shape index (κ3) is 2.29. The van der Waals surface area contributed by atoms with Crippen LogP contribution in [0.1, 0.15) is 18.4 Å². The monoisotopic (exact) mass is 273 g/mol. The zero-order valence-electron chi connectivity index (χ0n) is 12.4. The van der Waals surface area contributed by atoms with Crippen molar-refractivity contribution in [3.63, 3.8) is 0 Å². The first-order valence-corrected chi connectivity index (χ1v) is 7.37. The van der Waals surface area contributed by atoms with Crippen LogP contribution >= 0.6 is 0 Å². The van der Waals surface area contributed by atoms with Crippen LogP contribution in [0.2, 0.25) is 0 Å². The number of hydrogen-bond donors (Lipinski definition) is 1. The Labute approximate surface area is 120 Å². The Bertz CT molecular complexity index is 504. The van der Waals surface area contributed by atoms with Gasteiger partial charge in [-0.2, -0.15) is 0 Å². The summed E-state index contributed by atoms with van der Waals surface area (Å²) in [5.41, 5.74) is 3.05. The van der Waals surface area contributed by atoms with Crippen molar-refractivity contribution in [2.24, 2.45) is 0 Å². The van der Waals surface area contributed by atoms with Crippen LogP contribution in [0.3, 0.4) is 0 Å². The Hall–Kier alpha value is -1.55. The Morgan fingerprint density at radius 3 is 2.70 bits per heavy atom. The Morgan fingerprint density at radius 2 is 2.00 bits per heavy atom. The molecule has 4 nitrogen and oxygen atoms in total. The zero-order chi connectivity index (χ0) is 14.2.